The number of carbonyl (C=O) groups excluding carboxylic acids is 2. The van der Waals surface area contributed by atoms with Gasteiger partial charge in [-0.15, -0.1) is 0 Å². The summed E-state index contributed by atoms with van der Waals surface area (Å²) in [6, 6.07) is 12.4. The molecule has 32 heavy (non-hydrogen) atoms. The second kappa shape index (κ2) is 9.30. The molecular weight excluding hydrogens is 410 g/mol. The summed E-state index contributed by atoms with van der Waals surface area (Å²) in [5.41, 5.74) is 3.42. The quantitative estimate of drug-likeness (QED) is 0.666. The highest BCUT2D eigenvalue weighted by Gasteiger charge is 2.31. The first-order valence-electron chi connectivity index (χ1n) is 10.5. The Balaban J connectivity index is 1.93. The third-order valence-electron chi connectivity index (χ3n) is 5.09. The molecule has 0 radical (unpaired) electrons. The maximum Gasteiger partial charge on any atom is 0.412 e. The standard InChI is InChI=1S/C24H29N3O5/c1-15-10-17-11-20(25-22(29)30)21(28)27(13-16-8-6-5-7-9-16)14-18(17)12-19(15)26-23(31)32-24(2,3)4/h5-10,12,20,25H,11,13-14H2,1-4H3,(H,26,31)(H,29,30). The summed E-state index contributed by atoms with van der Waals surface area (Å²) in [4.78, 5) is 38.4. The van der Waals surface area contributed by atoms with Crippen LogP contribution in [-0.2, 0) is 29.0 Å². The fourth-order valence-electron chi connectivity index (χ4n) is 3.71. The first-order chi connectivity index (χ1) is 15.0. The summed E-state index contributed by atoms with van der Waals surface area (Å²) in [5, 5.41) is 14.4. The molecule has 3 rings (SSSR count). The number of carboxylic acid groups (broad SMARTS) is 1. The van der Waals surface area contributed by atoms with Crippen molar-refractivity contribution in [2.24, 2.45) is 0 Å². The van der Waals surface area contributed by atoms with Crippen LogP contribution >= 0.6 is 0 Å². The molecule has 0 bridgehead atoms. The lowest BCUT2D eigenvalue weighted by molar-refractivity contribution is -0.134. The molecule has 1 unspecified atom stereocenters. The molecule has 0 saturated heterocycles. The van der Waals surface area contributed by atoms with E-state index in [1.54, 1.807) is 25.7 Å². The van der Waals surface area contributed by atoms with Gasteiger partial charge in [-0.05, 0) is 56.0 Å². The SMILES string of the molecule is Cc1cc2c(cc1NC(=O)OC(C)(C)C)CN(Cc1ccccc1)C(=O)C(NC(=O)O)C2. The predicted octanol–water partition coefficient (Wildman–Crippen LogP) is 4.06. The van der Waals surface area contributed by atoms with Crippen LogP contribution in [0.3, 0.4) is 0 Å². The molecule has 0 aliphatic carbocycles. The fraction of sp³-hybridized carbons (Fsp3) is 0.375. The minimum Gasteiger partial charge on any atom is -0.465 e. The van der Waals surface area contributed by atoms with Crippen molar-refractivity contribution in [2.75, 3.05) is 5.32 Å². The number of amides is 3. The van der Waals surface area contributed by atoms with E-state index in [9.17, 15) is 19.5 Å². The topological polar surface area (TPSA) is 108 Å². The number of anilines is 1. The molecule has 1 heterocycles. The van der Waals surface area contributed by atoms with E-state index < -0.39 is 23.8 Å². The van der Waals surface area contributed by atoms with Gasteiger partial charge in [0.15, 0.2) is 0 Å². The first-order valence-corrected chi connectivity index (χ1v) is 10.5. The lowest BCUT2D eigenvalue weighted by atomic mass is 9.98. The summed E-state index contributed by atoms with van der Waals surface area (Å²) >= 11 is 0. The van der Waals surface area contributed by atoms with Crippen LogP contribution in [0.25, 0.3) is 0 Å². The molecule has 1 aliphatic rings. The Hall–Kier alpha value is -3.55. The average Bonchev–Trinajstić information content (AvgIpc) is 2.79. The number of nitrogens with zero attached hydrogens (tertiary/aromatic N) is 1. The van der Waals surface area contributed by atoms with E-state index in [0.29, 0.717) is 18.8 Å². The van der Waals surface area contributed by atoms with Gasteiger partial charge in [0.1, 0.15) is 11.6 Å². The second-order valence-electron chi connectivity index (χ2n) is 8.95. The number of ether oxygens (including phenoxy) is 1. The van der Waals surface area contributed by atoms with Gasteiger partial charge >= 0.3 is 12.2 Å². The highest BCUT2D eigenvalue weighted by atomic mass is 16.6. The number of carbonyl (C=O) groups is 3. The number of aryl methyl sites for hydroxylation is 1. The number of hydrogen-bond donors (Lipinski definition) is 3. The molecule has 8 nitrogen and oxygen atoms in total. The molecule has 2 aromatic rings. The van der Waals surface area contributed by atoms with Gasteiger partial charge in [-0.25, -0.2) is 9.59 Å². The zero-order chi connectivity index (χ0) is 23.5. The van der Waals surface area contributed by atoms with Gasteiger partial charge in [0, 0.05) is 25.2 Å². The first kappa shape index (κ1) is 23.1. The molecule has 3 amide bonds. The Bertz CT molecular complexity index is 1010. The van der Waals surface area contributed by atoms with Crippen LogP contribution in [0.2, 0.25) is 0 Å². The zero-order valence-electron chi connectivity index (χ0n) is 18.8. The van der Waals surface area contributed by atoms with Gasteiger partial charge in [0.2, 0.25) is 5.91 Å². The normalized spacial score (nSPS) is 16.1. The van der Waals surface area contributed by atoms with Crippen LogP contribution in [-0.4, -0.2) is 39.7 Å². The van der Waals surface area contributed by atoms with Crippen molar-refractivity contribution < 1.29 is 24.2 Å². The smallest absolute Gasteiger partial charge is 0.412 e. The van der Waals surface area contributed by atoms with Gasteiger partial charge in [-0.1, -0.05) is 36.4 Å². The van der Waals surface area contributed by atoms with E-state index in [0.717, 1.165) is 22.3 Å². The molecule has 0 fully saturated rings. The summed E-state index contributed by atoms with van der Waals surface area (Å²) in [7, 11) is 0. The molecule has 0 saturated carbocycles. The molecule has 1 aliphatic heterocycles. The van der Waals surface area contributed by atoms with Gasteiger partial charge < -0.3 is 20.1 Å². The van der Waals surface area contributed by atoms with Crippen molar-refractivity contribution in [1.82, 2.24) is 10.2 Å². The van der Waals surface area contributed by atoms with Crippen molar-refractivity contribution in [1.29, 1.82) is 0 Å². The van der Waals surface area contributed by atoms with Gasteiger partial charge in [0.25, 0.3) is 0 Å². The van der Waals surface area contributed by atoms with Gasteiger partial charge in [0.05, 0.1) is 0 Å². The number of benzene rings is 2. The van der Waals surface area contributed by atoms with Crippen molar-refractivity contribution in [3.05, 3.63) is 64.7 Å². The summed E-state index contributed by atoms with van der Waals surface area (Å²) in [5.74, 6) is -0.285. The third kappa shape index (κ3) is 6.00. The van der Waals surface area contributed by atoms with Crippen molar-refractivity contribution in [3.8, 4) is 0 Å². The van der Waals surface area contributed by atoms with Crippen molar-refractivity contribution in [3.63, 3.8) is 0 Å². The van der Waals surface area contributed by atoms with E-state index in [4.69, 9.17) is 4.74 Å². The van der Waals surface area contributed by atoms with Crippen LogP contribution < -0.4 is 10.6 Å². The summed E-state index contributed by atoms with van der Waals surface area (Å²) in [6.45, 7) is 7.86. The van der Waals surface area contributed by atoms with Crippen LogP contribution in [0.15, 0.2) is 42.5 Å². The second-order valence-corrected chi connectivity index (χ2v) is 8.95. The largest absolute Gasteiger partial charge is 0.465 e. The van der Waals surface area contributed by atoms with Crippen molar-refractivity contribution in [2.45, 2.75) is 58.8 Å². The molecule has 2 aromatic carbocycles. The van der Waals surface area contributed by atoms with Crippen LogP contribution in [0.1, 0.15) is 43.0 Å². The highest BCUT2D eigenvalue weighted by molar-refractivity contribution is 5.88. The lowest BCUT2D eigenvalue weighted by Crippen LogP contribution is -2.47. The minimum absolute atomic E-state index is 0.235. The number of fused-ring (bicyclic) bond motifs is 1. The van der Waals surface area contributed by atoms with Gasteiger partial charge in [-0.2, -0.15) is 0 Å². The van der Waals surface area contributed by atoms with Crippen molar-refractivity contribution >= 4 is 23.8 Å². The number of nitrogens with one attached hydrogen (secondary N) is 2. The predicted molar refractivity (Wildman–Crippen MR) is 120 cm³/mol. The Morgan fingerprint density at radius 2 is 1.84 bits per heavy atom. The Labute approximate surface area is 187 Å². The van der Waals surface area contributed by atoms with E-state index in [1.807, 2.05) is 49.4 Å². The van der Waals surface area contributed by atoms with E-state index >= 15 is 0 Å². The van der Waals surface area contributed by atoms with Crippen LogP contribution in [0.4, 0.5) is 15.3 Å². The molecular formula is C24H29N3O5. The average molecular weight is 440 g/mol. The fourth-order valence-corrected chi connectivity index (χ4v) is 3.71. The summed E-state index contributed by atoms with van der Waals surface area (Å²) in [6.07, 6.45) is -1.57. The molecule has 3 N–H and O–H groups in total. The lowest BCUT2D eigenvalue weighted by Gasteiger charge is -2.24. The Morgan fingerprint density at radius 3 is 2.47 bits per heavy atom. The molecule has 1 atom stereocenters. The van der Waals surface area contributed by atoms with Crippen LogP contribution in [0.5, 0.6) is 0 Å². The van der Waals surface area contributed by atoms with E-state index in [-0.39, 0.29) is 12.3 Å². The number of hydrogen-bond acceptors (Lipinski definition) is 4. The maximum absolute atomic E-state index is 13.2. The monoisotopic (exact) mass is 439 g/mol. The Kier molecular flexibility index (Phi) is 6.72. The van der Waals surface area contributed by atoms with Crippen LogP contribution in [0, 0.1) is 6.92 Å². The van der Waals surface area contributed by atoms with Gasteiger partial charge in [-0.3, -0.25) is 10.1 Å². The number of rotatable bonds is 4. The van der Waals surface area contributed by atoms with E-state index in [1.165, 1.54) is 0 Å². The maximum atomic E-state index is 13.2. The van der Waals surface area contributed by atoms with E-state index in [2.05, 4.69) is 10.6 Å². The highest BCUT2D eigenvalue weighted by Crippen LogP contribution is 2.28. The minimum atomic E-state index is -1.24. The molecule has 0 spiro atoms. The molecule has 170 valence electrons. The zero-order valence-corrected chi connectivity index (χ0v) is 18.8. The third-order valence-corrected chi connectivity index (χ3v) is 5.09. The molecule has 0 aromatic heterocycles. The summed E-state index contributed by atoms with van der Waals surface area (Å²) < 4.78 is 5.35. The Morgan fingerprint density at radius 1 is 1.16 bits per heavy atom. The molecule has 8 heteroatoms.